The lowest BCUT2D eigenvalue weighted by Gasteiger charge is -2.50. The lowest BCUT2D eigenvalue weighted by Crippen LogP contribution is -2.51. The van der Waals surface area contributed by atoms with Gasteiger partial charge in [-0.25, -0.2) is 0 Å². The summed E-state index contributed by atoms with van der Waals surface area (Å²) in [4.78, 5) is 31.7. The number of aliphatic carboxylic acids is 1. The molecule has 2 fully saturated rings. The smallest absolute Gasteiger partial charge is 0.309 e. The van der Waals surface area contributed by atoms with Crippen LogP contribution in [0.2, 0.25) is 0 Å². The van der Waals surface area contributed by atoms with Crippen LogP contribution in [0, 0.1) is 35.5 Å². The van der Waals surface area contributed by atoms with Crippen molar-refractivity contribution in [1.82, 2.24) is 9.80 Å². The molecule has 4 heterocycles. The normalized spacial score (nSPS) is 25.4. The zero-order valence-corrected chi connectivity index (χ0v) is 35.3. The van der Waals surface area contributed by atoms with Crippen molar-refractivity contribution in [3.8, 4) is 23.0 Å². The van der Waals surface area contributed by atoms with E-state index >= 15 is 4.79 Å². The minimum absolute atomic E-state index is 0.0608. The lowest BCUT2D eigenvalue weighted by molar-refractivity contribution is -0.167. The molecule has 0 aliphatic carbocycles. The van der Waals surface area contributed by atoms with Gasteiger partial charge < -0.3 is 28.8 Å². The number of fused-ring (bicyclic) bond motifs is 6. The number of methoxy groups -OCH3 is 4. The molecular weight excluding hydrogens is 709 g/mol. The standard InChI is InChI=1S/C46H68N2O8/c1-28(2)18-32-26-47-16-14-30-20-41(52-5)43(54-7)23-36(30)38(47)22-35(32)34(12-10-9-11-13-45(49)50)46(51)56-40-25-39-37-24-44(55-8)42(53-6)21-31(37)15-17-48(39)27-33(40)19-29(3)4/h20-21,23-24,28-29,32-35,38-40H,9-19,22,25-27H2,1-8H3,(H,49,50)/t32-,33+,34?,35+,38+,39+,40+/m0/s1. The first-order valence-electron chi connectivity index (χ1n) is 21.3. The van der Waals surface area contributed by atoms with Crippen LogP contribution in [0.3, 0.4) is 0 Å². The Bertz CT molecular complexity index is 1660. The van der Waals surface area contributed by atoms with E-state index in [9.17, 15) is 9.90 Å². The summed E-state index contributed by atoms with van der Waals surface area (Å²) < 4.78 is 29.9. The average molecular weight is 777 g/mol. The third kappa shape index (κ3) is 9.44. The Hall–Kier alpha value is -3.50. The van der Waals surface area contributed by atoms with Gasteiger partial charge in [0.25, 0.3) is 0 Å². The minimum atomic E-state index is -0.767. The van der Waals surface area contributed by atoms with E-state index in [1.54, 1.807) is 28.4 Å². The number of unbranched alkanes of at least 4 members (excludes halogenated alkanes) is 2. The van der Waals surface area contributed by atoms with Gasteiger partial charge in [-0.15, -0.1) is 0 Å². The van der Waals surface area contributed by atoms with Crippen LogP contribution >= 0.6 is 0 Å². The van der Waals surface area contributed by atoms with Gasteiger partial charge in [0.1, 0.15) is 6.10 Å². The second kappa shape index (κ2) is 18.8. The second-order valence-corrected chi connectivity index (χ2v) is 17.8. The molecule has 10 heteroatoms. The van der Waals surface area contributed by atoms with Crippen molar-refractivity contribution in [3.63, 3.8) is 0 Å². The first kappa shape index (κ1) is 42.1. The fraction of sp³-hybridized carbons (Fsp3) is 0.696. The molecule has 0 aromatic heterocycles. The maximum Gasteiger partial charge on any atom is 0.309 e. The Morgan fingerprint density at radius 3 is 1.71 bits per heavy atom. The molecule has 56 heavy (non-hydrogen) atoms. The molecule has 1 unspecified atom stereocenters. The summed E-state index contributed by atoms with van der Waals surface area (Å²) in [5, 5.41) is 9.35. The fourth-order valence-electron chi connectivity index (χ4n) is 10.8. The highest BCUT2D eigenvalue weighted by atomic mass is 16.5. The van der Waals surface area contributed by atoms with Gasteiger partial charge in [-0.05, 0) is 115 Å². The first-order valence-corrected chi connectivity index (χ1v) is 21.3. The van der Waals surface area contributed by atoms with Crippen LogP contribution in [0.5, 0.6) is 23.0 Å². The van der Waals surface area contributed by atoms with Gasteiger partial charge in [0.2, 0.25) is 0 Å². The number of piperidine rings is 2. The van der Waals surface area contributed by atoms with Crippen LogP contribution in [0.4, 0.5) is 0 Å². The predicted molar refractivity (Wildman–Crippen MR) is 218 cm³/mol. The second-order valence-electron chi connectivity index (χ2n) is 17.8. The molecule has 10 nitrogen and oxygen atoms in total. The number of rotatable bonds is 17. The Morgan fingerprint density at radius 2 is 1.20 bits per heavy atom. The van der Waals surface area contributed by atoms with Crippen molar-refractivity contribution in [2.45, 2.75) is 117 Å². The van der Waals surface area contributed by atoms with Crippen molar-refractivity contribution in [1.29, 1.82) is 0 Å². The molecule has 7 atom stereocenters. The third-order valence-corrected chi connectivity index (χ3v) is 13.3. The number of hydrogen-bond acceptors (Lipinski definition) is 9. The molecule has 2 aromatic carbocycles. The SMILES string of the molecule is COc1cc2c(cc1OC)[C@H]1C[C@@H](OC(=O)C(CCCCCC(=O)O)[C@@H]3C[C@@H]4c5cc(OC)c(OC)cc5CCN4C[C@@H]3CC(C)C)[C@H](CC(C)C)CN1CC2. The fourth-order valence-corrected chi connectivity index (χ4v) is 10.8. The minimum Gasteiger partial charge on any atom is -0.493 e. The van der Waals surface area contributed by atoms with Crippen LogP contribution < -0.4 is 18.9 Å². The van der Waals surface area contributed by atoms with E-state index in [2.05, 4.69) is 61.8 Å². The summed E-state index contributed by atoms with van der Waals surface area (Å²) in [6.07, 6.45) is 8.46. The molecular formula is C46H68N2O8. The van der Waals surface area contributed by atoms with Crippen molar-refractivity contribution >= 4 is 11.9 Å². The molecule has 1 N–H and O–H groups in total. The Balaban J connectivity index is 1.32. The molecule has 0 saturated carbocycles. The number of carbonyl (C=O) groups is 2. The van der Waals surface area contributed by atoms with Crippen molar-refractivity contribution in [3.05, 3.63) is 46.5 Å². The van der Waals surface area contributed by atoms with Crippen LogP contribution in [0.25, 0.3) is 0 Å². The van der Waals surface area contributed by atoms with E-state index in [0.717, 1.165) is 101 Å². The summed E-state index contributed by atoms with van der Waals surface area (Å²) in [5.41, 5.74) is 5.10. The predicted octanol–water partition coefficient (Wildman–Crippen LogP) is 8.53. The number of carboxylic acids is 1. The number of carbonyl (C=O) groups excluding carboxylic acids is 1. The van der Waals surface area contributed by atoms with Gasteiger partial charge in [0, 0.05) is 57.0 Å². The molecule has 0 amide bonds. The van der Waals surface area contributed by atoms with Gasteiger partial charge in [-0.3, -0.25) is 19.4 Å². The van der Waals surface area contributed by atoms with E-state index in [1.807, 2.05) is 0 Å². The lowest BCUT2D eigenvalue weighted by atomic mass is 9.68. The van der Waals surface area contributed by atoms with E-state index in [0.29, 0.717) is 30.6 Å². The summed E-state index contributed by atoms with van der Waals surface area (Å²) in [5.74, 6) is 3.60. The Kier molecular flexibility index (Phi) is 14.2. The van der Waals surface area contributed by atoms with Crippen molar-refractivity contribution in [2.24, 2.45) is 35.5 Å². The summed E-state index contributed by atoms with van der Waals surface area (Å²) >= 11 is 0. The van der Waals surface area contributed by atoms with E-state index in [4.69, 9.17) is 23.7 Å². The summed E-state index contributed by atoms with van der Waals surface area (Å²) in [6.45, 7) is 12.9. The zero-order valence-electron chi connectivity index (χ0n) is 35.3. The summed E-state index contributed by atoms with van der Waals surface area (Å²) in [7, 11) is 6.76. The molecule has 2 saturated heterocycles. The molecule has 0 bridgehead atoms. The highest BCUT2D eigenvalue weighted by Crippen LogP contribution is 2.50. The molecule has 0 radical (unpaired) electrons. The molecule has 310 valence electrons. The molecule has 4 aliphatic rings. The van der Waals surface area contributed by atoms with Crippen LogP contribution in [0.15, 0.2) is 24.3 Å². The average Bonchev–Trinajstić information content (AvgIpc) is 3.17. The zero-order chi connectivity index (χ0) is 40.1. The number of benzene rings is 2. The largest absolute Gasteiger partial charge is 0.493 e. The maximum atomic E-state index is 15.1. The van der Waals surface area contributed by atoms with Gasteiger partial charge in [0.05, 0.1) is 34.4 Å². The van der Waals surface area contributed by atoms with Gasteiger partial charge in [0.15, 0.2) is 23.0 Å². The Labute approximate surface area is 335 Å². The van der Waals surface area contributed by atoms with Crippen LogP contribution in [-0.2, 0) is 27.2 Å². The number of hydrogen-bond donors (Lipinski definition) is 1. The van der Waals surface area contributed by atoms with Gasteiger partial charge >= 0.3 is 11.9 Å². The number of ether oxygens (including phenoxy) is 5. The molecule has 4 aliphatic heterocycles. The summed E-state index contributed by atoms with van der Waals surface area (Å²) in [6, 6.07) is 8.90. The molecule has 0 spiro atoms. The highest BCUT2D eigenvalue weighted by Gasteiger charge is 2.47. The van der Waals surface area contributed by atoms with E-state index in [1.165, 1.54) is 22.3 Å². The van der Waals surface area contributed by atoms with Crippen LogP contribution in [-0.4, -0.2) is 87.6 Å². The van der Waals surface area contributed by atoms with Crippen LogP contribution in [0.1, 0.15) is 120 Å². The highest BCUT2D eigenvalue weighted by molar-refractivity contribution is 5.73. The van der Waals surface area contributed by atoms with E-state index in [-0.39, 0.29) is 48.3 Å². The number of esters is 1. The van der Waals surface area contributed by atoms with E-state index < -0.39 is 5.97 Å². The van der Waals surface area contributed by atoms with Crippen molar-refractivity contribution < 1.29 is 38.4 Å². The van der Waals surface area contributed by atoms with Crippen molar-refractivity contribution in [2.75, 3.05) is 54.6 Å². The Morgan fingerprint density at radius 1 is 0.696 bits per heavy atom. The number of nitrogens with zero attached hydrogens (tertiary/aromatic N) is 2. The number of carboxylic acid groups (broad SMARTS) is 1. The molecule has 2 aromatic rings. The van der Waals surface area contributed by atoms with Gasteiger partial charge in [-0.2, -0.15) is 0 Å². The monoisotopic (exact) mass is 776 g/mol. The maximum absolute atomic E-state index is 15.1. The quantitative estimate of drug-likeness (QED) is 0.124. The topological polar surface area (TPSA) is 107 Å². The third-order valence-electron chi connectivity index (χ3n) is 13.3. The molecule has 6 rings (SSSR count). The van der Waals surface area contributed by atoms with Gasteiger partial charge in [-0.1, -0.05) is 40.5 Å². The first-order chi connectivity index (χ1) is 26.9.